The van der Waals surface area contributed by atoms with Crippen molar-refractivity contribution < 1.29 is 26.7 Å². The summed E-state index contributed by atoms with van der Waals surface area (Å²) in [6, 6.07) is 1.70. The Kier molecular flexibility index (Phi) is 4.74. The van der Waals surface area contributed by atoms with Gasteiger partial charge in [-0.25, -0.2) is 0 Å². The molecule has 0 aromatic heterocycles. The van der Waals surface area contributed by atoms with Crippen molar-refractivity contribution >= 4 is 35.0 Å². The molecule has 0 aliphatic heterocycles. The molecule has 1 aromatic carbocycles. The van der Waals surface area contributed by atoms with Crippen LogP contribution in [0.3, 0.4) is 0 Å². The molecule has 0 atom stereocenters. The van der Waals surface area contributed by atoms with Gasteiger partial charge in [0.15, 0.2) is 5.75 Å². The second kappa shape index (κ2) is 5.49. The van der Waals surface area contributed by atoms with Gasteiger partial charge in [-0.05, 0) is 23.9 Å². The first kappa shape index (κ1) is 14.7. The normalized spacial score (nSPS) is 12.0. The molecule has 0 heterocycles. The number of alkyl halides is 5. The maximum atomic E-state index is 12.0. The maximum absolute atomic E-state index is 12.0. The predicted molar refractivity (Wildman–Crippen MR) is 55.0 cm³/mol. The Morgan fingerprint density at radius 3 is 1.94 bits per heavy atom. The summed E-state index contributed by atoms with van der Waals surface area (Å²) < 4.78 is 64.0. The highest BCUT2D eigenvalue weighted by atomic mass is 35.5. The van der Waals surface area contributed by atoms with Gasteiger partial charge in [0.1, 0.15) is 0 Å². The van der Waals surface area contributed by atoms with E-state index in [0.29, 0.717) is 0 Å². The Labute approximate surface area is 107 Å². The van der Waals surface area contributed by atoms with Crippen molar-refractivity contribution in [3.63, 3.8) is 0 Å². The van der Waals surface area contributed by atoms with Crippen molar-refractivity contribution in [2.24, 2.45) is 0 Å². The van der Waals surface area contributed by atoms with Gasteiger partial charge < -0.3 is 4.74 Å². The number of halogens is 7. The molecule has 1 nitrogen and oxygen atoms in total. The number of hydrogen-bond acceptors (Lipinski definition) is 2. The third kappa shape index (κ3) is 4.77. The quantitative estimate of drug-likeness (QED) is 0.560. The molecular weight excluding hydrogens is 310 g/mol. The average Bonchev–Trinajstić information content (AvgIpc) is 2.08. The SMILES string of the molecule is FC(F)Oc1c(Cl)cc(SC(F)(F)F)cc1Cl. The van der Waals surface area contributed by atoms with Crippen LogP contribution >= 0.6 is 35.0 Å². The molecule has 0 aliphatic rings. The minimum Gasteiger partial charge on any atom is -0.432 e. The van der Waals surface area contributed by atoms with Crippen molar-refractivity contribution in [2.75, 3.05) is 0 Å². The summed E-state index contributed by atoms with van der Waals surface area (Å²) in [6.45, 7) is -3.16. The van der Waals surface area contributed by atoms with E-state index >= 15 is 0 Å². The van der Waals surface area contributed by atoms with Crippen molar-refractivity contribution in [1.29, 1.82) is 0 Å². The highest BCUT2D eigenvalue weighted by Crippen LogP contribution is 2.43. The van der Waals surface area contributed by atoms with E-state index in [4.69, 9.17) is 23.2 Å². The zero-order chi connectivity index (χ0) is 13.2. The van der Waals surface area contributed by atoms with Crippen molar-refractivity contribution in [2.45, 2.75) is 17.0 Å². The van der Waals surface area contributed by atoms with Gasteiger partial charge in [0.25, 0.3) is 0 Å². The lowest BCUT2D eigenvalue weighted by molar-refractivity contribution is -0.0498. The second-order valence-electron chi connectivity index (χ2n) is 2.64. The van der Waals surface area contributed by atoms with Crippen LogP contribution in [0.5, 0.6) is 5.75 Å². The second-order valence-corrected chi connectivity index (χ2v) is 4.60. The van der Waals surface area contributed by atoms with E-state index in [0.717, 1.165) is 12.1 Å². The summed E-state index contributed by atoms with van der Waals surface area (Å²) in [5.41, 5.74) is -4.52. The Bertz CT molecular complexity index is 386. The molecule has 0 fully saturated rings. The smallest absolute Gasteiger partial charge is 0.432 e. The summed E-state index contributed by atoms with van der Waals surface area (Å²) in [5, 5.41) is -0.825. The molecule has 17 heavy (non-hydrogen) atoms. The lowest BCUT2D eigenvalue weighted by Gasteiger charge is -2.11. The summed E-state index contributed by atoms with van der Waals surface area (Å²) in [6.07, 6.45) is 0. The van der Waals surface area contributed by atoms with Gasteiger partial charge >= 0.3 is 12.1 Å². The average molecular weight is 313 g/mol. The zero-order valence-electron chi connectivity index (χ0n) is 7.69. The van der Waals surface area contributed by atoms with Gasteiger partial charge in [0, 0.05) is 4.90 Å². The highest BCUT2D eigenvalue weighted by Gasteiger charge is 2.30. The highest BCUT2D eigenvalue weighted by molar-refractivity contribution is 8.00. The Hall–Kier alpha value is -0.400. The number of ether oxygens (including phenoxy) is 1. The predicted octanol–water partition coefficient (Wildman–Crippen LogP) is 5.21. The third-order valence-electron chi connectivity index (χ3n) is 1.41. The fourth-order valence-electron chi connectivity index (χ4n) is 0.931. The van der Waals surface area contributed by atoms with Crippen LogP contribution in [0.2, 0.25) is 10.0 Å². The maximum Gasteiger partial charge on any atom is 0.446 e. The molecule has 0 saturated carbocycles. The van der Waals surface area contributed by atoms with E-state index in [1.54, 1.807) is 0 Å². The fourth-order valence-corrected chi connectivity index (χ4v) is 2.26. The van der Waals surface area contributed by atoms with Crippen molar-refractivity contribution in [3.8, 4) is 5.75 Å². The van der Waals surface area contributed by atoms with E-state index < -0.39 is 39.7 Å². The van der Waals surface area contributed by atoms with Crippen molar-refractivity contribution in [3.05, 3.63) is 22.2 Å². The van der Waals surface area contributed by atoms with Crippen LogP contribution in [-0.4, -0.2) is 12.1 Å². The molecule has 0 N–H and O–H groups in total. The van der Waals surface area contributed by atoms with Gasteiger partial charge in [-0.3, -0.25) is 0 Å². The number of rotatable bonds is 3. The Balaban J connectivity index is 3.01. The first-order valence-electron chi connectivity index (χ1n) is 3.88. The van der Waals surface area contributed by atoms with Crippen molar-refractivity contribution in [1.82, 2.24) is 0 Å². The molecule has 0 amide bonds. The molecule has 0 unspecified atom stereocenters. The molecule has 0 radical (unpaired) electrons. The van der Waals surface area contributed by atoms with Crippen LogP contribution in [0.1, 0.15) is 0 Å². The Morgan fingerprint density at radius 1 is 1.12 bits per heavy atom. The summed E-state index contributed by atoms with van der Waals surface area (Å²) in [4.78, 5) is -0.311. The van der Waals surface area contributed by atoms with Gasteiger partial charge in [-0.1, -0.05) is 23.2 Å². The van der Waals surface area contributed by atoms with E-state index in [1.807, 2.05) is 0 Å². The van der Waals surface area contributed by atoms with E-state index in [2.05, 4.69) is 4.74 Å². The molecule has 0 bridgehead atoms. The van der Waals surface area contributed by atoms with Crippen LogP contribution < -0.4 is 4.74 Å². The molecular formula is C8H3Cl2F5OS. The van der Waals surface area contributed by atoms with E-state index in [-0.39, 0.29) is 4.90 Å². The molecule has 96 valence electrons. The largest absolute Gasteiger partial charge is 0.446 e. The fraction of sp³-hybridized carbons (Fsp3) is 0.250. The first-order chi connectivity index (χ1) is 7.69. The lowest BCUT2D eigenvalue weighted by Crippen LogP contribution is -2.04. The van der Waals surface area contributed by atoms with Gasteiger partial charge in [0.2, 0.25) is 0 Å². The summed E-state index contributed by atoms with van der Waals surface area (Å²) in [7, 11) is 0. The number of thioether (sulfide) groups is 1. The van der Waals surface area contributed by atoms with Crippen LogP contribution in [-0.2, 0) is 0 Å². The summed E-state index contributed by atoms with van der Waals surface area (Å²) in [5.74, 6) is -0.546. The Morgan fingerprint density at radius 2 is 1.59 bits per heavy atom. The minimum absolute atomic E-state index is 0.311. The van der Waals surface area contributed by atoms with E-state index in [9.17, 15) is 22.0 Å². The number of hydrogen-bond donors (Lipinski definition) is 0. The van der Waals surface area contributed by atoms with Gasteiger partial charge in [-0.15, -0.1) is 0 Å². The molecule has 1 aromatic rings. The van der Waals surface area contributed by atoms with Gasteiger partial charge in [-0.2, -0.15) is 22.0 Å². The van der Waals surface area contributed by atoms with Crippen LogP contribution in [0.15, 0.2) is 17.0 Å². The number of benzene rings is 1. The van der Waals surface area contributed by atoms with Gasteiger partial charge in [0.05, 0.1) is 10.0 Å². The molecule has 0 aliphatic carbocycles. The monoisotopic (exact) mass is 312 g/mol. The topological polar surface area (TPSA) is 9.23 Å². The van der Waals surface area contributed by atoms with E-state index in [1.165, 1.54) is 0 Å². The van der Waals surface area contributed by atoms with Crippen LogP contribution in [0.25, 0.3) is 0 Å². The molecule has 0 spiro atoms. The third-order valence-corrected chi connectivity index (χ3v) is 2.68. The van der Waals surface area contributed by atoms with Crippen LogP contribution in [0, 0.1) is 0 Å². The standard InChI is InChI=1S/C8H3Cl2F5OS/c9-4-1-3(17-8(13,14)15)2-5(10)6(4)16-7(11)12/h1-2,7H. The summed E-state index contributed by atoms with van der Waals surface area (Å²) >= 11 is 10.5. The lowest BCUT2D eigenvalue weighted by atomic mass is 10.3. The zero-order valence-corrected chi connectivity index (χ0v) is 10.0. The molecule has 1 rings (SSSR count). The molecule has 0 saturated heterocycles. The first-order valence-corrected chi connectivity index (χ1v) is 5.46. The van der Waals surface area contributed by atoms with Crippen LogP contribution in [0.4, 0.5) is 22.0 Å². The minimum atomic E-state index is -4.52. The molecule has 9 heteroatoms.